The van der Waals surface area contributed by atoms with Crippen LogP contribution in [0.4, 0.5) is 5.95 Å². The number of hydrogen-bond acceptors (Lipinski definition) is 5. The molecule has 3 heterocycles. The highest BCUT2D eigenvalue weighted by atomic mass is 16.5. The molecule has 3 rings (SSSR count). The summed E-state index contributed by atoms with van der Waals surface area (Å²) in [5, 5.41) is 2.11. The van der Waals surface area contributed by atoms with Gasteiger partial charge in [-0.25, -0.2) is 14.6 Å². The van der Waals surface area contributed by atoms with Gasteiger partial charge in [-0.05, 0) is 12.1 Å². The Bertz CT molecular complexity index is 503. The van der Waals surface area contributed by atoms with E-state index in [0.717, 1.165) is 24.3 Å². The van der Waals surface area contributed by atoms with Gasteiger partial charge in [-0.1, -0.05) is 0 Å². The fourth-order valence-electron chi connectivity index (χ4n) is 1.95. The number of pyridine rings is 1. The molecule has 1 saturated heterocycles. The summed E-state index contributed by atoms with van der Waals surface area (Å²) in [6.07, 6.45) is 1.75. The third kappa shape index (κ3) is 1.38. The van der Waals surface area contributed by atoms with E-state index in [-0.39, 0.29) is 0 Å². The van der Waals surface area contributed by atoms with Crippen LogP contribution in [0, 0.1) is 0 Å². The third-order valence-corrected chi connectivity index (χ3v) is 2.69. The van der Waals surface area contributed by atoms with Gasteiger partial charge in [-0.2, -0.15) is 0 Å². The van der Waals surface area contributed by atoms with E-state index in [4.69, 9.17) is 10.5 Å². The molecule has 2 aromatic rings. The number of hydrogen-bond donors (Lipinski definition) is 1. The number of aromatic nitrogens is 3. The second kappa shape index (κ2) is 3.64. The fraction of sp³-hybridized carbons (Fsp3) is 0.400. The maximum Gasteiger partial charge on any atom is 0.222 e. The number of imidazole rings is 1. The quantitative estimate of drug-likeness (QED) is 0.730. The molecule has 0 aliphatic carbocycles. The lowest BCUT2D eigenvalue weighted by Gasteiger charge is -2.29. The minimum absolute atomic E-state index is 0.482. The highest BCUT2D eigenvalue weighted by Gasteiger charge is 2.17. The van der Waals surface area contributed by atoms with Gasteiger partial charge in [-0.15, -0.1) is 0 Å². The van der Waals surface area contributed by atoms with E-state index in [2.05, 4.69) is 15.0 Å². The van der Waals surface area contributed by atoms with Crippen LogP contribution in [-0.4, -0.2) is 40.9 Å². The number of rotatable bonds is 1. The maximum absolute atomic E-state index is 5.91. The van der Waals surface area contributed by atoms with E-state index in [1.165, 1.54) is 0 Å². The summed E-state index contributed by atoms with van der Waals surface area (Å²) in [6.45, 7) is 3.05. The number of nitrogen functional groups attached to an aromatic ring is 1. The minimum Gasteiger partial charge on any atom is -0.378 e. The van der Waals surface area contributed by atoms with Crippen molar-refractivity contribution in [3.8, 4) is 0 Å². The molecule has 0 atom stereocenters. The molecule has 16 heavy (non-hydrogen) atoms. The van der Waals surface area contributed by atoms with Gasteiger partial charge in [0.1, 0.15) is 5.52 Å². The predicted octanol–water partition coefficient (Wildman–Crippen LogP) is -0.0183. The zero-order valence-corrected chi connectivity index (χ0v) is 8.83. The van der Waals surface area contributed by atoms with Gasteiger partial charge >= 0.3 is 0 Å². The molecule has 1 fully saturated rings. The zero-order chi connectivity index (χ0) is 11.0. The smallest absolute Gasteiger partial charge is 0.222 e. The molecule has 2 N–H and O–H groups in total. The summed E-state index contributed by atoms with van der Waals surface area (Å²) < 4.78 is 7.19. The Balaban J connectivity index is 2.10. The van der Waals surface area contributed by atoms with E-state index in [0.29, 0.717) is 19.2 Å². The van der Waals surface area contributed by atoms with Crippen LogP contribution in [0.5, 0.6) is 0 Å². The van der Waals surface area contributed by atoms with Gasteiger partial charge in [0.2, 0.25) is 5.95 Å². The third-order valence-electron chi connectivity index (χ3n) is 2.69. The Labute approximate surface area is 92.6 Å². The van der Waals surface area contributed by atoms with Gasteiger partial charge in [-0.3, -0.25) is 0 Å². The number of fused-ring (bicyclic) bond motifs is 1. The van der Waals surface area contributed by atoms with Crippen molar-refractivity contribution in [1.29, 1.82) is 0 Å². The summed E-state index contributed by atoms with van der Waals surface area (Å²) in [5.41, 5.74) is 7.55. The lowest BCUT2D eigenvalue weighted by molar-refractivity contribution is 0.112. The largest absolute Gasteiger partial charge is 0.378 e. The van der Waals surface area contributed by atoms with Crippen LogP contribution < -0.4 is 10.7 Å². The SMILES string of the molecule is Nc1nc2cccnc2n1N1CCOCC1. The molecule has 1 aliphatic heterocycles. The van der Waals surface area contributed by atoms with Crippen molar-refractivity contribution in [1.82, 2.24) is 14.6 Å². The topological polar surface area (TPSA) is 69.2 Å². The first-order valence-electron chi connectivity index (χ1n) is 5.28. The van der Waals surface area contributed by atoms with Crippen LogP contribution in [0.1, 0.15) is 0 Å². The minimum atomic E-state index is 0.482. The number of ether oxygens (including phenoxy) is 1. The zero-order valence-electron chi connectivity index (χ0n) is 8.83. The number of nitrogens with two attached hydrogens (primary N) is 1. The molecule has 6 nitrogen and oxygen atoms in total. The molecule has 0 radical (unpaired) electrons. The Kier molecular flexibility index (Phi) is 2.14. The number of anilines is 1. The Hall–Kier alpha value is -1.82. The van der Waals surface area contributed by atoms with Crippen LogP contribution in [-0.2, 0) is 4.74 Å². The number of morpholine rings is 1. The van der Waals surface area contributed by atoms with Gasteiger partial charge in [0, 0.05) is 6.20 Å². The van der Waals surface area contributed by atoms with Crippen molar-refractivity contribution in [2.75, 3.05) is 37.0 Å². The summed E-state index contributed by atoms with van der Waals surface area (Å²) in [6, 6.07) is 3.77. The van der Waals surface area contributed by atoms with Crippen LogP contribution in [0.2, 0.25) is 0 Å². The number of nitrogens with zero attached hydrogens (tertiary/aromatic N) is 4. The monoisotopic (exact) mass is 219 g/mol. The standard InChI is InChI=1S/C10H13N5O/c11-10-13-8-2-1-3-12-9(8)15(10)14-4-6-16-7-5-14/h1-3H,4-7H2,(H2,11,13). The highest BCUT2D eigenvalue weighted by molar-refractivity contribution is 5.74. The Morgan fingerprint density at radius 1 is 1.31 bits per heavy atom. The molecule has 2 aromatic heterocycles. The van der Waals surface area contributed by atoms with Crippen molar-refractivity contribution >= 4 is 17.1 Å². The van der Waals surface area contributed by atoms with Crippen LogP contribution in [0.15, 0.2) is 18.3 Å². The molecular formula is C10H13N5O. The highest BCUT2D eigenvalue weighted by Crippen LogP contribution is 2.15. The maximum atomic E-state index is 5.91. The van der Waals surface area contributed by atoms with Crippen molar-refractivity contribution in [3.05, 3.63) is 18.3 Å². The van der Waals surface area contributed by atoms with Crippen molar-refractivity contribution in [2.24, 2.45) is 0 Å². The molecule has 0 bridgehead atoms. The van der Waals surface area contributed by atoms with Crippen LogP contribution in [0.3, 0.4) is 0 Å². The molecule has 0 spiro atoms. The second-order valence-corrected chi connectivity index (χ2v) is 3.69. The van der Waals surface area contributed by atoms with Gasteiger partial charge < -0.3 is 15.5 Å². The van der Waals surface area contributed by atoms with Gasteiger partial charge in [0.15, 0.2) is 5.65 Å². The van der Waals surface area contributed by atoms with E-state index in [1.54, 1.807) is 6.20 Å². The summed E-state index contributed by atoms with van der Waals surface area (Å²) in [5.74, 6) is 0.482. The Morgan fingerprint density at radius 3 is 2.94 bits per heavy atom. The first kappa shape index (κ1) is 9.41. The molecule has 0 aromatic carbocycles. The average molecular weight is 219 g/mol. The van der Waals surface area contributed by atoms with E-state index < -0.39 is 0 Å². The molecule has 0 saturated carbocycles. The average Bonchev–Trinajstić information content (AvgIpc) is 2.66. The molecule has 1 aliphatic rings. The lowest BCUT2D eigenvalue weighted by Crippen LogP contribution is -2.44. The first-order chi connectivity index (χ1) is 7.86. The van der Waals surface area contributed by atoms with Crippen molar-refractivity contribution in [2.45, 2.75) is 0 Å². The lowest BCUT2D eigenvalue weighted by atomic mass is 10.4. The predicted molar refractivity (Wildman–Crippen MR) is 60.7 cm³/mol. The van der Waals surface area contributed by atoms with Gasteiger partial charge in [0.05, 0.1) is 26.3 Å². The Morgan fingerprint density at radius 2 is 2.12 bits per heavy atom. The second-order valence-electron chi connectivity index (χ2n) is 3.69. The summed E-state index contributed by atoms with van der Waals surface area (Å²) in [4.78, 5) is 8.60. The summed E-state index contributed by atoms with van der Waals surface area (Å²) in [7, 11) is 0. The summed E-state index contributed by atoms with van der Waals surface area (Å²) >= 11 is 0. The normalized spacial score (nSPS) is 16.9. The van der Waals surface area contributed by atoms with E-state index >= 15 is 0 Å². The fourth-order valence-corrected chi connectivity index (χ4v) is 1.95. The molecule has 6 heteroatoms. The first-order valence-corrected chi connectivity index (χ1v) is 5.28. The van der Waals surface area contributed by atoms with Crippen molar-refractivity contribution < 1.29 is 4.74 Å². The van der Waals surface area contributed by atoms with E-state index in [9.17, 15) is 0 Å². The molecule has 0 unspecified atom stereocenters. The van der Waals surface area contributed by atoms with Crippen LogP contribution >= 0.6 is 0 Å². The van der Waals surface area contributed by atoms with Crippen molar-refractivity contribution in [3.63, 3.8) is 0 Å². The molecular weight excluding hydrogens is 206 g/mol. The van der Waals surface area contributed by atoms with Gasteiger partial charge in [0.25, 0.3) is 0 Å². The van der Waals surface area contributed by atoms with E-state index in [1.807, 2.05) is 16.8 Å². The van der Waals surface area contributed by atoms with Crippen LogP contribution in [0.25, 0.3) is 11.2 Å². The molecule has 84 valence electrons. The molecule has 0 amide bonds.